The zero-order valence-corrected chi connectivity index (χ0v) is 12.5. The molecule has 0 aliphatic carbocycles. The summed E-state index contributed by atoms with van der Waals surface area (Å²) in [6.07, 6.45) is 2.28. The van der Waals surface area contributed by atoms with Crippen LogP contribution in [0.5, 0.6) is 0 Å². The Morgan fingerprint density at radius 2 is 2.24 bits per heavy atom. The maximum Gasteiger partial charge on any atom is 0.260 e. The summed E-state index contributed by atoms with van der Waals surface area (Å²) in [5.74, 6) is 0.656. The zero-order chi connectivity index (χ0) is 15.0. The standard InChI is InChI=1S/C15H21N5O/c1-19(2)11-4-3-7-20(9-11)15-17-13-6-5-10(16)8-12(13)14(21)18-15/h5-6,8,11H,3-4,7,9,16H2,1-2H3,(H,17,18,21). The van der Waals surface area contributed by atoms with Crippen LogP contribution in [0.4, 0.5) is 11.6 Å². The molecule has 0 amide bonds. The minimum atomic E-state index is -0.130. The maximum atomic E-state index is 12.2. The van der Waals surface area contributed by atoms with E-state index in [0.717, 1.165) is 19.5 Å². The molecule has 1 aromatic heterocycles. The van der Waals surface area contributed by atoms with Gasteiger partial charge in [0.2, 0.25) is 5.95 Å². The van der Waals surface area contributed by atoms with Gasteiger partial charge in [-0.05, 0) is 45.1 Å². The molecule has 3 N–H and O–H groups in total. The number of rotatable bonds is 2. The summed E-state index contributed by atoms with van der Waals surface area (Å²) in [6.45, 7) is 1.81. The van der Waals surface area contributed by atoms with Gasteiger partial charge >= 0.3 is 0 Å². The van der Waals surface area contributed by atoms with Crippen molar-refractivity contribution >= 4 is 22.5 Å². The largest absolute Gasteiger partial charge is 0.399 e. The predicted molar refractivity (Wildman–Crippen MR) is 85.7 cm³/mol. The average Bonchev–Trinajstić information content (AvgIpc) is 2.48. The first kappa shape index (κ1) is 13.9. The lowest BCUT2D eigenvalue weighted by Gasteiger charge is -2.36. The number of likely N-dealkylation sites (N-methyl/N-ethyl adjacent to an activating group) is 1. The number of benzene rings is 1. The fourth-order valence-electron chi connectivity index (χ4n) is 2.86. The van der Waals surface area contributed by atoms with Gasteiger partial charge in [-0.15, -0.1) is 0 Å². The summed E-state index contributed by atoms with van der Waals surface area (Å²) in [7, 11) is 4.18. The molecule has 112 valence electrons. The number of aromatic amines is 1. The van der Waals surface area contributed by atoms with Gasteiger partial charge in [-0.2, -0.15) is 0 Å². The Morgan fingerprint density at radius 1 is 1.43 bits per heavy atom. The Balaban J connectivity index is 1.97. The van der Waals surface area contributed by atoms with Gasteiger partial charge in [-0.25, -0.2) is 4.98 Å². The van der Waals surface area contributed by atoms with E-state index in [1.807, 2.05) is 0 Å². The molecule has 1 fully saturated rings. The zero-order valence-electron chi connectivity index (χ0n) is 12.5. The molecule has 1 saturated heterocycles. The van der Waals surface area contributed by atoms with Gasteiger partial charge in [-0.1, -0.05) is 0 Å². The second-order valence-corrected chi connectivity index (χ2v) is 5.87. The summed E-state index contributed by atoms with van der Waals surface area (Å²) < 4.78 is 0. The third-order valence-corrected chi connectivity index (χ3v) is 4.14. The highest BCUT2D eigenvalue weighted by Gasteiger charge is 2.23. The number of nitrogens with two attached hydrogens (primary N) is 1. The number of nitrogens with zero attached hydrogens (tertiary/aromatic N) is 3. The number of anilines is 2. The summed E-state index contributed by atoms with van der Waals surface area (Å²) in [4.78, 5) is 24.1. The molecule has 2 aromatic rings. The molecule has 6 heteroatoms. The molecule has 21 heavy (non-hydrogen) atoms. The van der Waals surface area contributed by atoms with Crippen LogP contribution in [0.2, 0.25) is 0 Å². The molecule has 1 aromatic carbocycles. The van der Waals surface area contributed by atoms with Crippen molar-refractivity contribution in [1.29, 1.82) is 0 Å². The number of piperidine rings is 1. The highest BCUT2D eigenvalue weighted by molar-refractivity contribution is 5.81. The van der Waals surface area contributed by atoms with Crippen LogP contribution in [0.15, 0.2) is 23.0 Å². The van der Waals surface area contributed by atoms with Crippen molar-refractivity contribution in [3.63, 3.8) is 0 Å². The van der Waals surface area contributed by atoms with Crippen LogP contribution in [-0.4, -0.2) is 48.1 Å². The van der Waals surface area contributed by atoms with Crippen molar-refractivity contribution in [2.75, 3.05) is 37.8 Å². The molecule has 6 nitrogen and oxygen atoms in total. The minimum Gasteiger partial charge on any atom is -0.399 e. The van der Waals surface area contributed by atoms with Crippen molar-refractivity contribution in [3.05, 3.63) is 28.6 Å². The Labute approximate surface area is 123 Å². The van der Waals surface area contributed by atoms with Crippen molar-refractivity contribution in [1.82, 2.24) is 14.9 Å². The molecule has 0 spiro atoms. The molecule has 1 aliphatic heterocycles. The Kier molecular flexibility index (Phi) is 3.55. The number of aromatic nitrogens is 2. The normalized spacial score (nSPS) is 19.4. The van der Waals surface area contributed by atoms with Gasteiger partial charge in [0.25, 0.3) is 5.56 Å². The van der Waals surface area contributed by atoms with Crippen LogP contribution in [0.3, 0.4) is 0 Å². The summed E-state index contributed by atoms with van der Waals surface area (Å²) in [5, 5.41) is 0.542. The van der Waals surface area contributed by atoms with Gasteiger partial charge in [0, 0.05) is 24.8 Å². The van der Waals surface area contributed by atoms with E-state index in [4.69, 9.17) is 5.73 Å². The average molecular weight is 287 g/mol. The number of fused-ring (bicyclic) bond motifs is 1. The molecule has 3 rings (SSSR count). The smallest absolute Gasteiger partial charge is 0.260 e. The van der Waals surface area contributed by atoms with Crippen molar-refractivity contribution < 1.29 is 0 Å². The van der Waals surface area contributed by atoms with Crippen LogP contribution in [0.25, 0.3) is 10.9 Å². The number of H-pyrrole nitrogens is 1. The lowest BCUT2D eigenvalue weighted by atomic mass is 10.1. The fraction of sp³-hybridized carbons (Fsp3) is 0.467. The van der Waals surface area contributed by atoms with Crippen molar-refractivity contribution in [2.45, 2.75) is 18.9 Å². The Morgan fingerprint density at radius 3 is 3.00 bits per heavy atom. The molecule has 0 radical (unpaired) electrons. The number of hydrogen-bond donors (Lipinski definition) is 2. The molecule has 1 aliphatic rings. The topological polar surface area (TPSA) is 78.2 Å². The molecule has 0 saturated carbocycles. The molecule has 1 atom stereocenters. The van der Waals surface area contributed by atoms with Gasteiger partial charge in [0.1, 0.15) is 0 Å². The third kappa shape index (κ3) is 2.71. The Hall–Kier alpha value is -2.08. The summed E-state index contributed by atoms with van der Waals surface area (Å²) in [6, 6.07) is 5.74. The van der Waals surface area contributed by atoms with E-state index in [2.05, 4.69) is 33.9 Å². The van der Waals surface area contributed by atoms with Crippen LogP contribution in [0, 0.1) is 0 Å². The van der Waals surface area contributed by atoms with E-state index in [-0.39, 0.29) is 5.56 Å². The van der Waals surface area contributed by atoms with E-state index in [1.54, 1.807) is 18.2 Å². The third-order valence-electron chi connectivity index (χ3n) is 4.14. The molecular formula is C15H21N5O. The highest BCUT2D eigenvalue weighted by atomic mass is 16.1. The second-order valence-electron chi connectivity index (χ2n) is 5.87. The van der Waals surface area contributed by atoms with Crippen LogP contribution < -0.4 is 16.2 Å². The quantitative estimate of drug-likeness (QED) is 0.807. The van der Waals surface area contributed by atoms with Gasteiger partial charge in [0.05, 0.1) is 10.9 Å². The first-order valence-corrected chi connectivity index (χ1v) is 7.25. The highest BCUT2D eigenvalue weighted by Crippen LogP contribution is 2.20. The first-order valence-electron chi connectivity index (χ1n) is 7.25. The summed E-state index contributed by atoms with van der Waals surface area (Å²) >= 11 is 0. The van der Waals surface area contributed by atoms with Gasteiger partial charge in [-0.3, -0.25) is 9.78 Å². The first-order chi connectivity index (χ1) is 10.0. The molecule has 0 bridgehead atoms. The van der Waals surface area contributed by atoms with Gasteiger partial charge < -0.3 is 15.5 Å². The lowest BCUT2D eigenvalue weighted by Crippen LogP contribution is -2.46. The van der Waals surface area contributed by atoms with E-state index in [9.17, 15) is 4.79 Å². The van der Waals surface area contributed by atoms with Crippen LogP contribution >= 0.6 is 0 Å². The lowest BCUT2D eigenvalue weighted by molar-refractivity contribution is 0.257. The van der Waals surface area contributed by atoms with Crippen molar-refractivity contribution in [3.8, 4) is 0 Å². The number of hydrogen-bond acceptors (Lipinski definition) is 5. The van der Waals surface area contributed by atoms with Crippen molar-refractivity contribution in [2.24, 2.45) is 0 Å². The van der Waals surface area contributed by atoms with Gasteiger partial charge in [0.15, 0.2) is 0 Å². The number of nitrogens with one attached hydrogen (secondary N) is 1. The van der Waals surface area contributed by atoms with E-state index in [0.29, 0.717) is 28.6 Å². The molecular weight excluding hydrogens is 266 g/mol. The van der Waals surface area contributed by atoms with E-state index in [1.165, 1.54) is 6.42 Å². The monoisotopic (exact) mass is 287 g/mol. The fourth-order valence-corrected chi connectivity index (χ4v) is 2.86. The van der Waals surface area contributed by atoms with E-state index >= 15 is 0 Å². The predicted octanol–water partition coefficient (Wildman–Crippen LogP) is 1.04. The molecule has 2 heterocycles. The minimum absolute atomic E-state index is 0.130. The second kappa shape index (κ2) is 5.37. The number of nitrogen functional groups attached to an aromatic ring is 1. The van der Waals surface area contributed by atoms with Crippen LogP contribution in [-0.2, 0) is 0 Å². The van der Waals surface area contributed by atoms with Crippen LogP contribution in [0.1, 0.15) is 12.8 Å². The SMILES string of the molecule is CN(C)C1CCCN(c2nc3ccc(N)cc3c(=O)[nH]2)C1. The maximum absolute atomic E-state index is 12.2. The molecule has 1 unspecified atom stereocenters. The Bertz CT molecular complexity index is 709. The van der Waals surface area contributed by atoms with E-state index < -0.39 is 0 Å². The summed E-state index contributed by atoms with van der Waals surface area (Å²) in [5.41, 5.74) is 6.87.